The SMILES string of the molecule is COc1cccc2c1OC(C)C2CC(=O)O. The normalized spacial score (nSPS) is 22.4. The second-order valence-electron chi connectivity index (χ2n) is 3.91. The largest absolute Gasteiger partial charge is 0.493 e. The van der Waals surface area contributed by atoms with Gasteiger partial charge in [-0.05, 0) is 13.0 Å². The fourth-order valence-electron chi connectivity index (χ4n) is 2.10. The molecule has 0 spiro atoms. The highest BCUT2D eigenvalue weighted by molar-refractivity contribution is 5.69. The molecule has 4 heteroatoms. The Morgan fingerprint density at radius 1 is 1.56 bits per heavy atom. The van der Waals surface area contributed by atoms with Gasteiger partial charge in [0, 0.05) is 11.5 Å². The molecule has 0 saturated heterocycles. The summed E-state index contributed by atoms with van der Waals surface area (Å²) in [4.78, 5) is 10.8. The van der Waals surface area contributed by atoms with Crippen LogP contribution in [0.25, 0.3) is 0 Å². The highest BCUT2D eigenvalue weighted by atomic mass is 16.5. The number of hydrogen-bond acceptors (Lipinski definition) is 3. The van der Waals surface area contributed by atoms with Crippen LogP contribution in [0.4, 0.5) is 0 Å². The third kappa shape index (κ3) is 1.71. The number of para-hydroxylation sites is 1. The van der Waals surface area contributed by atoms with Crippen LogP contribution in [-0.2, 0) is 4.79 Å². The van der Waals surface area contributed by atoms with Gasteiger partial charge < -0.3 is 14.6 Å². The first-order chi connectivity index (χ1) is 7.63. The minimum atomic E-state index is -0.809. The maximum atomic E-state index is 10.8. The van der Waals surface area contributed by atoms with Crippen LogP contribution in [0.15, 0.2) is 18.2 Å². The van der Waals surface area contributed by atoms with Crippen molar-refractivity contribution in [1.29, 1.82) is 0 Å². The van der Waals surface area contributed by atoms with Crippen LogP contribution in [0, 0.1) is 0 Å². The van der Waals surface area contributed by atoms with Gasteiger partial charge in [-0.2, -0.15) is 0 Å². The molecule has 0 radical (unpaired) electrons. The molecule has 0 aliphatic carbocycles. The molecule has 0 fully saturated rings. The highest BCUT2D eigenvalue weighted by Crippen LogP contribution is 2.45. The van der Waals surface area contributed by atoms with Gasteiger partial charge in [-0.25, -0.2) is 0 Å². The summed E-state index contributed by atoms with van der Waals surface area (Å²) in [5, 5.41) is 8.86. The molecule has 0 aromatic heterocycles. The smallest absolute Gasteiger partial charge is 0.304 e. The van der Waals surface area contributed by atoms with Crippen molar-refractivity contribution in [2.75, 3.05) is 7.11 Å². The van der Waals surface area contributed by atoms with Gasteiger partial charge in [-0.15, -0.1) is 0 Å². The summed E-state index contributed by atoms with van der Waals surface area (Å²) in [6, 6.07) is 5.57. The molecule has 1 aliphatic rings. The van der Waals surface area contributed by atoms with Crippen LogP contribution in [0.3, 0.4) is 0 Å². The molecule has 0 bridgehead atoms. The van der Waals surface area contributed by atoms with Crippen LogP contribution in [-0.4, -0.2) is 24.3 Å². The summed E-state index contributed by atoms with van der Waals surface area (Å²) in [5.41, 5.74) is 0.925. The Bertz CT molecular complexity index is 413. The van der Waals surface area contributed by atoms with Crippen LogP contribution in [0.1, 0.15) is 24.8 Å². The molecule has 1 aromatic carbocycles. The summed E-state index contributed by atoms with van der Waals surface area (Å²) in [5.74, 6) is 0.444. The van der Waals surface area contributed by atoms with Gasteiger partial charge in [-0.1, -0.05) is 12.1 Å². The molecule has 0 amide bonds. The molecule has 0 saturated carbocycles. The van der Waals surface area contributed by atoms with Gasteiger partial charge in [0.15, 0.2) is 11.5 Å². The zero-order valence-electron chi connectivity index (χ0n) is 9.27. The molecule has 2 rings (SSSR count). The van der Waals surface area contributed by atoms with Crippen LogP contribution < -0.4 is 9.47 Å². The lowest BCUT2D eigenvalue weighted by molar-refractivity contribution is -0.137. The first-order valence-corrected chi connectivity index (χ1v) is 5.19. The highest BCUT2D eigenvalue weighted by Gasteiger charge is 2.34. The predicted octanol–water partition coefficient (Wildman–Crippen LogP) is 2.03. The second-order valence-corrected chi connectivity index (χ2v) is 3.91. The monoisotopic (exact) mass is 222 g/mol. The van der Waals surface area contributed by atoms with E-state index in [1.165, 1.54) is 0 Å². The van der Waals surface area contributed by atoms with Gasteiger partial charge in [0.1, 0.15) is 6.10 Å². The molecule has 2 atom stereocenters. The van der Waals surface area contributed by atoms with Gasteiger partial charge in [0.05, 0.1) is 13.5 Å². The number of rotatable bonds is 3. The van der Waals surface area contributed by atoms with E-state index in [4.69, 9.17) is 14.6 Å². The minimum Gasteiger partial charge on any atom is -0.493 e. The van der Waals surface area contributed by atoms with E-state index >= 15 is 0 Å². The summed E-state index contributed by atoms with van der Waals surface area (Å²) in [6.45, 7) is 1.88. The van der Waals surface area contributed by atoms with Gasteiger partial charge in [0.2, 0.25) is 0 Å². The number of benzene rings is 1. The number of fused-ring (bicyclic) bond motifs is 1. The Labute approximate surface area is 93.8 Å². The molecule has 4 nitrogen and oxygen atoms in total. The van der Waals surface area contributed by atoms with Crippen molar-refractivity contribution in [3.05, 3.63) is 23.8 Å². The third-order valence-electron chi connectivity index (χ3n) is 2.89. The fraction of sp³-hybridized carbons (Fsp3) is 0.417. The molecule has 86 valence electrons. The van der Waals surface area contributed by atoms with Crippen LogP contribution in [0.2, 0.25) is 0 Å². The van der Waals surface area contributed by atoms with Crippen LogP contribution in [0.5, 0.6) is 11.5 Å². The first-order valence-electron chi connectivity index (χ1n) is 5.19. The Morgan fingerprint density at radius 3 is 2.94 bits per heavy atom. The lowest BCUT2D eigenvalue weighted by Gasteiger charge is -2.11. The zero-order chi connectivity index (χ0) is 11.7. The van der Waals surface area contributed by atoms with Crippen molar-refractivity contribution in [2.24, 2.45) is 0 Å². The topological polar surface area (TPSA) is 55.8 Å². The van der Waals surface area contributed by atoms with Crippen molar-refractivity contribution < 1.29 is 19.4 Å². The lowest BCUT2D eigenvalue weighted by Crippen LogP contribution is -2.17. The molecule has 1 N–H and O–H groups in total. The van der Waals surface area contributed by atoms with Gasteiger partial charge in [0.25, 0.3) is 0 Å². The minimum absolute atomic E-state index is 0.0847. The van der Waals surface area contributed by atoms with E-state index in [9.17, 15) is 4.79 Å². The molecule has 16 heavy (non-hydrogen) atoms. The quantitative estimate of drug-likeness (QED) is 0.850. The maximum absolute atomic E-state index is 10.8. The third-order valence-corrected chi connectivity index (χ3v) is 2.89. The number of methoxy groups -OCH3 is 1. The zero-order valence-corrected chi connectivity index (χ0v) is 9.27. The maximum Gasteiger partial charge on any atom is 0.304 e. The standard InChI is InChI=1S/C12H14O4/c1-7-9(6-11(13)14)8-4-3-5-10(15-2)12(8)16-7/h3-5,7,9H,6H2,1-2H3,(H,13,14). The van der Waals surface area contributed by atoms with Crippen molar-refractivity contribution in [3.8, 4) is 11.5 Å². The molecular formula is C12H14O4. The number of carboxylic acid groups (broad SMARTS) is 1. The van der Waals surface area contributed by atoms with Crippen molar-refractivity contribution in [3.63, 3.8) is 0 Å². The van der Waals surface area contributed by atoms with E-state index in [0.29, 0.717) is 11.5 Å². The summed E-state index contributed by atoms with van der Waals surface area (Å²) in [7, 11) is 1.58. The van der Waals surface area contributed by atoms with E-state index in [1.807, 2.05) is 25.1 Å². The van der Waals surface area contributed by atoms with Gasteiger partial charge in [-0.3, -0.25) is 4.79 Å². The predicted molar refractivity (Wildman–Crippen MR) is 58.1 cm³/mol. The van der Waals surface area contributed by atoms with Gasteiger partial charge >= 0.3 is 5.97 Å². The second kappa shape index (κ2) is 4.04. The first kappa shape index (κ1) is 10.8. The molecule has 1 aliphatic heterocycles. The molecular weight excluding hydrogens is 208 g/mol. The lowest BCUT2D eigenvalue weighted by atomic mass is 9.93. The van der Waals surface area contributed by atoms with Crippen molar-refractivity contribution in [2.45, 2.75) is 25.4 Å². The average molecular weight is 222 g/mol. The number of hydrogen-bond donors (Lipinski definition) is 1. The van der Waals surface area contributed by atoms with E-state index in [-0.39, 0.29) is 18.4 Å². The van der Waals surface area contributed by atoms with Crippen LogP contribution >= 0.6 is 0 Å². The van der Waals surface area contributed by atoms with E-state index < -0.39 is 5.97 Å². The van der Waals surface area contributed by atoms with E-state index in [0.717, 1.165) is 5.56 Å². The number of carboxylic acids is 1. The fourth-order valence-corrected chi connectivity index (χ4v) is 2.10. The number of carbonyl (C=O) groups is 1. The van der Waals surface area contributed by atoms with E-state index in [1.54, 1.807) is 7.11 Å². The Hall–Kier alpha value is -1.71. The number of aliphatic carboxylic acids is 1. The number of ether oxygens (including phenoxy) is 2. The summed E-state index contributed by atoms with van der Waals surface area (Å²) in [6.07, 6.45) is -0.0381. The van der Waals surface area contributed by atoms with E-state index in [2.05, 4.69) is 0 Å². The van der Waals surface area contributed by atoms with Crippen molar-refractivity contribution in [1.82, 2.24) is 0 Å². The Kier molecular flexibility index (Phi) is 2.73. The Morgan fingerprint density at radius 2 is 2.31 bits per heavy atom. The summed E-state index contributed by atoms with van der Waals surface area (Å²) < 4.78 is 10.8. The Balaban J connectivity index is 2.37. The molecule has 1 aromatic rings. The summed E-state index contributed by atoms with van der Waals surface area (Å²) >= 11 is 0. The molecule has 1 heterocycles. The van der Waals surface area contributed by atoms with Crippen molar-refractivity contribution >= 4 is 5.97 Å². The average Bonchev–Trinajstić information content (AvgIpc) is 2.55. The molecule has 2 unspecified atom stereocenters.